The van der Waals surface area contributed by atoms with Gasteiger partial charge in [-0.1, -0.05) is 0 Å². The average Bonchev–Trinajstić information content (AvgIpc) is 3.26. The molecule has 0 bridgehead atoms. The van der Waals surface area contributed by atoms with Gasteiger partial charge in [0.05, 0.1) is 23.1 Å². The Hall–Kier alpha value is -2.17. The van der Waals surface area contributed by atoms with E-state index in [2.05, 4.69) is 15.1 Å². The van der Waals surface area contributed by atoms with Crippen molar-refractivity contribution in [2.24, 2.45) is 5.92 Å². The van der Waals surface area contributed by atoms with Gasteiger partial charge in [0, 0.05) is 19.0 Å². The van der Waals surface area contributed by atoms with E-state index in [1.807, 2.05) is 0 Å². The van der Waals surface area contributed by atoms with Crippen LogP contribution in [0.25, 0.3) is 5.78 Å². The van der Waals surface area contributed by atoms with Crippen molar-refractivity contribution in [2.75, 3.05) is 24.6 Å². The molecule has 11 heteroatoms. The van der Waals surface area contributed by atoms with Gasteiger partial charge in [0.25, 0.3) is 12.2 Å². The van der Waals surface area contributed by atoms with Crippen LogP contribution in [0.2, 0.25) is 0 Å². The third kappa shape index (κ3) is 3.52. The minimum Gasteiger partial charge on any atom is -0.342 e. The van der Waals surface area contributed by atoms with Gasteiger partial charge in [0.2, 0.25) is 5.91 Å². The summed E-state index contributed by atoms with van der Waals surface area (Å²) in [7, 11) is -3.14. The summed E-state index contributed by atoms with van der Waals surface area (Å²) in [5.74, 6) is -0.820. The minimum atomic E-state index is -3.14. The topological polar surface area (TPSA) is 97.5 Å². The van der Waals surface area contributed by atoms with E-state index in [4.69, 9.17) is 0 Å². The number of sulfone groups is 1. The van der Waals surface area contributed by atoms with Gasteiger partial charge in [-0.3, -0.25) is 4.79 Å². The van der Waals surface area contributed by atoms with Gasteiger partial charge in [-0.15, -0.1) is 0 Å². The number of carbonyl (C=O) groups is 1. The van der Waals surface area contributed by atoms with Crippen molar-refractivity contribution in [3.8, 4) is 0 Å². The molecule has 0 radical (unpaired) electrons. The van der Waals surface area contributed by atoms with Gasteiger partial charge in [0.15, 0.2) is 9.84 Å². The third-order valence-electron chi connectivity index (χ3n) is 5.26. The predicted molar refractivity (Wildman–Crippen MR) is 91.1 cm³/mol. The number of hydrogen-bond acceptors (Lipinski definition) is 6. The summed E-state index contributed by atoms with van der Waals surface area (Å²) in [5.41, 5.74) is 0.181. The van der Waals surface area contributed by atoms with Crippen LogP contribution in [-0.4, -0.2) is 63.4 Å². The van der Waals surface area contributed by atoms with Crippen LogP contribution in [-0.2, 0) is 14.6 Å². The molecule has 0 unspecified atom stereocenters. The van der Waals surface area contributed by atoms with Gasteiger partial charge in [0.1, 0.15) is 12.0 Å². The maximum atomic E-state index is 13.4. The maximum absolute atomic E-state index is 13.4. The fraction of sp³-hybridized carbons (Fsp3) is 0.625. The highest BCUT2D eigenvalue weighted by Crippen LogP contribution is 2.30. The first kappa shape index (κ1) is 18.2. The number of piperidine rings is 1. The molecule has 8 nitrogen and oxygen atoms in total. The van der Waals surface area contributed by atoms with E-state index in [0.717, 1.165) is 4.52 Å². The second-order valence-electron chi connectivity index (χ2n) is 7.10. The number of fused-ring (bicyclic) bond motifs is 1. The highest BCUT2D eigenvalue weighted by Gasteiger charge is 2.37. The summed E-state index contributed by atoms with van der Waals surface area (Å²) in [6.07, 6.45) is 0.226. The molecule has 0 aromatic carbocycles. The number of rotatable bonds is 3. The summed E-state index contributed by atoms with van der Waals surface area (Å²) < 4.78 is 51.0. The van der Waals surface area contributed by atoms with E-state index in [1.165, 1.54) is 12.4 Å². The monoisotopic (exact) mass is 399 g/mol. The number of amides is 1. The lowest BCUT2D eigenvalue weighted by Gasteiger charge is -2.34. The zero-order valence-electron chi connectivity index (χ0n) is 14.5. The van der Waals surface area contributed by atoms with E-state index in [9.17, 15) is 22.0 Å². The van der Waals surface area contributed by atoms with E-state index in [1.54, 1.807) is 4.90 Å². The number of aromatic nitrogens is 4. The van der Waals surface area contributed by atoms with Gasteiger partial charge >= 0.3 is 0 Å². The fourth-order valence-electron chi connectivity index (χ4n) is 3.89. The highest BCUT2D eigenvalue weighted by molar-refractivity contribution is 7.91. The maximum Gasteiger partial charge on any atom is 0.280 e. The van der Waals surface area contributed by atoms with Gasteiger partial charge in [-0.25, -0.2) is 22.2 Å². The van der Waals surface area contributed by atoms with Crippen molar-refractivity contribution < 1.29 is 22.0 Å². The van der Waals surface area contributed by atoms with Crippen molar-refractivity contribution in [2.45, 2.75) is 31.6 Å². The first-order valence-corrected chi connectivity index (χ1v) is 10.6. The lowest BCUT2D eigenvalue weighted by Crippen LogP contribution is -2.42. The summed E-state index contributed by atoms with van der Waals surface area (Å²) in [5, 5.41) is 3.78. The number of likely N-dealkylation sites (tertiary alicyclic amines) is 1. The highest BCUT2D eigenvalue weighted by atomic mass is 32.2. The van der Waals surface area contributed by atoms with Gasteiger partial charge < -0.3 is 4.90 Å². The molecule has 146 valence electrons. The van der Waals surface area contributed by atoms with Crippen LogP contribution in [0.3, 0.4) is 0 Å². The Kier molecular flexibility index (Phi) is 4.57. The number of hydrogen-bond donors (Lipinski definition) is 0. The molecule has 0 saturated carbocycles. The van der Waals surface area contributed by atoms with E-state index < -0.39 is 22.2 Å². The molecule has 2 aromatic heterocycles. The smallest absolute Gasteiger partial charge is 0.280 e. The number of nitrogens with zero attached hydrogens (tertiary/aromatic N) is 5. The molecule has 2 aromatic rings. The molecule has 2 aliphatic rings. The Balaban J connectivity index is 1.56. The second-order valence-corrected chi connectivity index (χ2v) is 9.33. The predicted octanol–water partition coefficient (Wildman–Crippen LogP) is 1.20. The molecule has 0 N–H and O–H groups in total. The number of halogens is 2. The summed E-state index contributed by atoms with van der Waals surface area (Å²) in [6, 6.07) is 1.32. The SMILES string of the molecule is O=C([C@@H]1CCS(=O)(=O)C1)N1CCC[C@@H](c2cc(C(F)F)n3ncnc3n2)C1. The van der Waals surface area contributed by atoms with Crippen LogP contribution < -0.4 is 0 Å². The molecule has 4 heterocycles. The molecule has 2 saturated heterocycles. The Morgan fingerprint density at radius 2 is 2.11 bits per heavy atom. The lowest BCUT2D eigenvalue weighted by molar-refractivity contribution is -0.136. The zero-order chi connectivity index (χ0) is 19.2. The molecular formula is C16H19F2N5O3S. The van der Waals surface area contributed by atoms with Crippen LogP contribution in [0.1, 0.15) is 43.0 Å². The Labute approximate surface area is 154 Å². The standard InChI is InChI=1S/C16H19F2N5O3S/c17-14(18)13-6-12(21-16-19-9-20-23(13)16)10-2-1-4-22(7-10)15(24)11-3-5-27(25,26)8-11/h6,9-11,14H,1-5,7-8H2/t10-,11-/m1/s1. The van der Waals surface area contributed by atoms with Crippen LogP contribution in [0, 0.1) is 5.92 Å². The normalized spacial score (nSPS) is 25.4. The van der Waals surface area contributed by atoms with E-state index in [-0.39, 0.29) is 34.8 Å². The van der Waals surface area contributed by atoms with Gasteiger partial charge in [-0.2, -0.15) is 14.6 Å². The first-order valence-electron chi connectivity index (χ1n) is 8.82. The van der Waals surface area contributed by atoms with E-state index in [0.29, 0.717) is 38.0 Å². The average molecular weight is 399 g/mol. The Morgan fingerprint density at radius 1 is 1.30 bits per heavy atom. The van der Waals surface area contributed by atoms with Gasteiger partial charge in [-0.05, 0) is 25.3 Å². The minimum absolute atomic E-state index is 0.0452. The molecule has 1 amide bonds. The van der Waals surface area contributed by atoms with Crippen molar-refractivity contribution in [1.29, 1.82) is 0 Å². The molecule has 2 atom stereocenters. The summed E-state index contributed by atoms with van der Waals surface area (Å²) >= 11 is 0. The fourth-order valence-corrected chi connectivity index (χ4v) is 5.62. The molecule has 27 heavy (non-hydrogen) atoms. The molecule has 2 aliphatic heterocycles. The molecule has 4 rings (SSSR count). The van der Waals surface area contributed by atoms with Crippen molar-refractivity contribution in [3.05, 3.63) is 23.8 Å². The quantitative estimate of drug-likeness (QED) is 0.769. The molecular weight excluding hydrogens is 380 g/mol. The Bertz CT molecular complexity index is 978. The van der Waals surface area contributed by atoms with Crippen LogP contribution >= 0.6 is 0 Å². The summed E-state index contributed by atoms with van der Waals surface area (Å²) in [4.78, 5) is 22.6. The van der Waals surface area contributed by atoms with Crippen molar-refractivity contribution in [3.63, 3.8) is 0 Å². The lowest BCUT2D eigenvalue weighted by atomic mass is 9.93. The second kappa shape index (κ2) is 6.77. The van der Waals surface area contributed by atoms with Crippen molar-refractivity contribution >= 4 is 21.5 Å². The van der Waals surface area contributed by atoms with E-state index >= 15 is 0 Å². The third-order valence-corrected chi connectivity index (χ3v) is 7.02. The Morgan fingerprint density at radius 3 is 2.81 bits per heavy atom. The largest absolute Gasteiger partial charge is 0.342 e. The molecule has 2 fully saturated rings. The number of carbonyl (C=O) groups excluding carboxylic acids is 1. The molecule has 0 aliphatic carbocycles. The molecule has 0 spiro atoms. The number of alkyl halides is 2. The van der Waals surface area contributed by atoms with Crippen molar-refractivity contribution in [1.82, 2.24) is 24.5 Å². The first-order chi connectivity index (χ1) is 12.8. The van der Waals surface area contributed by atoms with Crippen LogP contribution in [0.4, 0.5) is 8.78 Å². The van der Waals surface area contributed by atoms with Crippen LogP contribution in [0.15, 0.2) is 12.4 Å². The van der Waals surface area contributed by atoms with Crippen LogP contribution in [0.5, 0.6) is 0 Å². The summed E-state index contributed by atoms with van der Waals surface area (Å²) in [6.45, 7) is 0.885. The zero-order valence-corrected chi connectivity index (χ0v) is 15.3.